The van der Waals surface area contributed by atoms with E-state index in [0.717, 1.165) is 11.3 Å². The second kappa shape index (κ2) is 6.98. The van der Waals surface area contributed by atoms with Gasteiger partial charge in [0.1, 0.15) is 0 Å². The Morgan fingerprint density at radius 1 is 1.53 bits per heavy atom. The summed E-state index contributed by atoms with van der Waals surface area (Å²) in [6.45, 7) is 2.41. The molecule has 0 bridgehead atoms. The van der Waals surface area contributed by atoms with Crippen LogP contribution in [0.5, 0.6) is 0 Å². The number of aliphatic hydroxyl groups excluding tert-OH is 1. The molecule has 1 aromatic rings. The molecule has 0 aromatic carbocycles. The van der Waals surface area contributed by atoms with Crippen LogP contribution in [0.2, 0.25) is 0 Å². The number of rotatable bonds is 6. The highest BCUT2D eigenvalue weighted by Crippen LogP contribution is 2.15. The second-order valence-corrected chi connectivity index (χ2v) is 3.60. The zero-order valence-electron chi connectivity index (χ0n) is 10.0. The van der Waals surface area contributed by atoms with E-state index in [4.69, 9.17) is 9.84 Å². The molecular formula is C12H17NO4. The molecule has 0 spiro atoms. The van der Waals surface area contributed by atoms with Gasteiger partial charge in [-0.25, -0.2) is 0 Å². The van der Waals surface area contributed by atoms with E-state index in [-0.39, 0.29) is 18.5 Å². The molecule has 0 amide bonds. The molecule has 0 fully saturated rings. The van der Waals surface area contributed by atoms with Crippen molar-refractivity contribution in [2.45, 2.75) is 19.4 Å². The fraction of sp³-hybridized carbons (Fsp3) is 0.500. The summed E-state index contributed by atoms with van der Waals surface area (Å²) in [6, 6.07) is 3.62. The van der Waals surface area contributed by atoms with Crippen LogP contribution in [0.3, 0.4) is 0 Å². The van der Waals surface area contributed by atoms with Gasteiger partial charge in [-0.15, -0.1) is 0 Å². The molecule has 0 aliphatic heterocycles. The number of methoxy groups -OCH3 is 1. The molecule has 1 N–H and O–H groups in total. The van der Waals surface area contributed by atoms with Crippen LogP contribution in [-0.4, -0.2) is 36.4 Å². The van der Waals surface area contributed by atoms with E-state index in [2.05, 4.69) is 9.72 Å². The Hall–Kier alpha value is -1.46. The van der Waals surface area contributed by atoms with Crippen molar-refractivity contribution >= 4 is 5.97 Å². The highest BCUT2D eigenvalue weighted by atomic mass is 16.5. The van der Waals surface area contributed by atoms with Crippen molar-refractivity contribution in [3.05, 3.63) is 29.6 Å². The number of aliphatic hydroxyl groups is 1. The first-order chi connectivity index (χ1) is 8.19. The van der Waals surface area contributed by atoms with Crippen LogP contribution < -0.4 is 0 Å². The summed E-state index contributed by atoms with van der Waals surface area (Å²) in [7, 11) is 1.36. The zero-order valence-corrected chi connectivity index (χ0v) is 10.0. The first-order valence-electron chi connectivity index (χ1n) is 5.40. The average molecular weight is 239 g/mol. The third-order valence-electron chi connectivity index (χ3n) is 2.39. The van der Waals surface area contributed by atoms with E-state index in [1.165, 1.54) is 7.11 Å². The monoisotopic (exact) mass is 239 g/mol. The lowest BCUT2D eigenvalue weighted by molar-refractivity contribution is -0.142. The number of aromatic nitrogens is 1. The molecule has 0 aliphatic rings. The van der Waals surface area contributed by atoms with Crippen molar-refractivity contribution in [3.63, 3.8) is 0 Å². The van der Waals surface area contributed by atoms with Crippen LogP contribution in [-0.2, 0) is 20.9 Å². The molecule has 1 atom stereocenters. The summed E-state index contributed by atoms with van der Waals surface area (Å²) in [6.07, 6.45) is 1.64. The van der Waals surface area contributed by atoms with Crippen LogP contribution in [0.25, 0.3) is 0 Å². The van der Waals surface area contributed by atoms with Crippen molar-refractivity contribution in [2.24, 2.45) is 0 Å². The minimum Gasteiger partial charge on any atom is -0.469 e. The zero-order chi connectivity index (χ0) is 12.7. The van der Waals surface area contributed by atoms with E-state index in [9.17, 15) is 4.79 Å². The predicted molar refractivity (Wildman–Crippen MR) is 61.4 cm³/mol. The smallest absolute Gasteiger partial charge is 0.312 e. The van der Waals surface area contributed by atoms with Crippen molar-refractivity contribution in [1.82, 2.24) is 4.98 Å². The Labute approximate surface area is 100 Å². The number of hydrogen-bond donors (Lipinski definition) is 1. The molecule has 0 unspecified atom stereocenters. The topological polar surface area (TPSA) is 68.7 Å². The quantitative estimate of drug-likeness (QED) is 0.589. The molecule has 0 saturated heterocycles. The fourth-order valence-electron chi connectivity index (χ4n) is 1.33. The molecule has 0 saturated carbocycles. The number of pyridine rings is 1. The molecule has 1 aromatic heterocycles. The van der Waals surface area contributed by atoms with E-state index in [1.807, 2.05) is 6.07 Å². The molecule has 1 heterocycles. The number of hydrogen-bond acceptors (Lipinski definition) is 5. The molecule has 5 nitrogen and oxygen atoms in total. The Balaban J connectivity index is 2.58. The van der Waals surface area contributed by atoms with Crippen LogP contribution in [0.4, 0.5) is 0 Å². The lowest BCUT2D eigenvalue weighted by atomic mass is 10.0. The lowest BCUT2D eigenvalue weighted by Gasteiger charge is -2.09. The summed E-state index contributed by atoms with van der Waals surface area (Å²) in [5, 5.41) is 8.55. The van der Waals surface area contributed by atoms with E-state index in [1.54, 1.807) is 19.2 Å². The first kappa shape index (κ1) is 13.6. The van der Waals surface area contributed by atoms with Crippen molar-refractivity contribution < 1.29 is 19.4 Å². The summed E-state index contributed by atoms with van der Waals surface area (Å²) in [5.41, 5.74) is 1.57. The van der Waals surface area contributed by atoms with Crippen molar-refractivity contribution in [2.75, 3.05) is 20.3 Å². The van der Waals surface area contributed by atoms with Crippen LogP contribution in [0.15, 0.2) is 18.3 Å². The van der Waals surface area contributed by atoms with Crippen LogP contribution >= 0.6 is 0 Å². The van der Waals surface area contributed by atoms with Crippen LogP contribution in [0.1, 0.15) is 24.1 Å². The first-order valence-corrected chi connectivity index (χ1v) is 5.40. The van der Waals surface area contributed by atoms with Gasteiger partial charge in [0.05, 0.1) is 38.5 Å². The highest BCUT2D eigenvalue weighted by molar-refractivity contribution is 5.77. The maximum Gasteiger partial charge on any atom is 0.312 e. The van der Waals surface area contributed by atoms with Gasteiger partial charge in [-0.05, 0) is 18.6 Å². The molecule has 0 radical (unpaired) electrons. The van der Waals surface area contributed by atoms with Gasteiger partial charge in [-0.1, -0.05) is 6.07 Å². The number of nitrogens with zero attached hydrogens (tertiary/aromatic N) is 1. The summed E-state index contributed by atoms with van der Waals surface area (Å²) in [4.78, 5) is 15.5. The van der Waals surface area contributed by atoms with Gasteiger partial charge >= 0.3 is 5.97 Å². The van der Waals surface area contributed by atoms with Gasteiger partial charge in [-0.2, -0.15) is 0 Å². The normalized spacial score (nSPS) is 12.2. The average Bonchev–Trinajstić information content (AvgIpc) is 2.38. The standard InChI is InChI=1S/C12H17NO4/c1-9(12(15)16-2)10-3-4-11(13-7-10)8-17-6-5-14/h3-4,7,9,14H,5-6,8H2,1-2H3/t9-/m0/s1. The van der Waals surface area contributed by atoms with Gasteiger partial charge in [0.2, 0.25) is 0 Å². The third kappa shape index (κ3) is 4.13. The number of carbonyl (C=O) groups excluding carboxylic acids is 1. The Kier molecular flexibility index (Phi) is 5.59. The fourth-order valence-corrected chi connectivity index (χ4v) is 1.33. The Morgan fingerprint density at radius 3 is 2.82 bits per heavy atom. The largest absolute Gasteiger partial charge is 0.469 e. The third-order valence-corrected chi connectivity index (χ3v) is 2.39. The summed E-state index contributed by atoms with van der Waals surface area (Å²) >= 11 is 0. The Morgan fingerprint density at radius 2 is 2.29 bits per heavy atom. The van der Waals surface area contributed by atoms with Gasteiger partial charge in [0.25, 0.3) is 0 Å². The molecule has 5 heteroatoms. The molecular weight excluding hydrogens is 222 g/mol. The number of esters is 1. The Bertz CT molecular complexity index is 350. The van der Waals surface area contributed by atoms with Gasteiger partial charge in [0, 0.05) is 6.20 Å². The summed E-state index contributed by atoms with van der Waals surface area (Å²) in [5.74, 6) is -0.601. The minimum absolute atomic E-state index is 0.00252. The molecule has 1 rings (SSSR count). The summed E-state index contributed by atoms with van der Waals surface area (Å²) < 4.78 is 9.79. The molecule has 0 aliphatic carbocycles. The van der Waals surface area contributed by atoms with Crippen molar-refractivity contribution in [3.8, 4) is 0 Å². The van der Waals surface area contributed by atoms with Crippen LogP contribution in [0, 0.1) is 0 Å². The minimum atomic E-state index is -0.320. The lowest BCUT2D eigenvalue weighted by Crippen LogP contribution is -2.11. The maximum absolute atomic E-state index is 11.3. The van der Waals surface area contributed by atoms with E-state index in [0.29, 0.717) is 13.2 Å². The highest BCUT2D eigenvalue weighted by Gasteiger charge is 2.15. The number of ether oxygens (including phenoxy) is 2. The molecule has 94 valence electrons. The van der Waals surface area contributed by atoms with Gasteiger partial charge in [-0.3, -0.25) is 9.78 Å². The SMILES string of the molecule is COC(=O)[C@@H](C)c1ccc(COCCO)nc1. The van der Waals surface area contributed by atoms with Gasteiger partial charge in [0.15, 0.2) is 0 Å². The second-order valence-electron chi connectivity index (χ2n) is 3.60. The maximum atomic E-state index is 11.3. The van der Waals surface area contributed by atoms with Gasteiger partial charge < -0.3 is 14.6 Å². The predicted octanol–water partition coefficient (Wildman–Crippen LogP) is 0.867. The molecule has 17 heavy (non-hydrogen) atoms. The van der Waals surface area contributed by atoms with Crippen molar-refractivity contribution in [1.29, 1.82) is 0 Å². The van der Waals surface area contributed by atoms with E-state index < -0.39 is 0 Å². The number of carbonyl (C=O) groups is 1. The van der Waals surface area contributed by atoms with E-state index >= 15 is 0 Å².